The third-order valence-electron chi connectivity index (χ3n) is 3.13. The second-order valence-corrected chi connectivity index (χ2v) is 6.35. The Hall–Kier alpha value is -0.380. The summed E-state index contributed by atoms with van der Waals surface area (Å²) in [6, 6.07) is 8.77. The van der Waals surface area contributed by atoms with E-state index in [0.29, 0.717) is 0 Å². The quantitative estimate of drug-likeness (QED) is 0.800. The van der Waals surface area contributed by atoms with Crippen LogP contribution in [-0.2, 0) is 6.54 Å². The predicted molar refractivity (Wildman–Crippen MR) is 74.0 cm³/mol. The third kappa shape index (κ3) is 2.04. The van der Waals surface area contributed by atoms with E-state index in [0.717, 1.165) is 6.54 Å². The predicted octanol–water partition coefficient (Wildman–Crippen LogP) is 4.26. The molecule has 0 radical (unpaired) electrons. The molecule has 2 aromatic rings. The van der Waals surface area contributed by atoms with Crippen LogP contribution in [0.4, 0.5) is 0 Å². The van der Waals surface area contributed by atoms with Crippen molar-refractivity contribution in [3.8, 4) is 0 Å². The number of likely N-dealkylation sites (tertiary alicyclic amines) is 1. The summed E-state index contributed by atoms with van der Waals surface area (Å²) in [7, 11) is 0. The molecule has 1 aliphatic heterocycles. The minimum absolute atomic E-state index is 1.13. The van der Waals surface area contributed by atoms with Crippen LogP contribution in [0.5, 0.6) is 0 Å². The van der Waals surface area contributed by atoms with Crippen LogP contribution in [0.3, 0.4) is 0 Å². The molecule has 0 N–H and O–H groups in total. The van der Waals surface area contributed by atoms with Crippen LogP contribution in [0.25, 0.3) is 10.1 Å². The standard InChI is InChI=1S/C13H14BrNS/c14-12-5-3-4-10-8-11(16-13(10)12)9-15-6-1-2-7-15/h3-5,8H,1-2,6-7,9H2. The molecule has 0 atom stereocenters. The summed E-state index contributed by atoms with van der Waals surface area (Å²) in [6.07, 6.45) is 2.74. The van der Waals surface area contributed by atoms with Gasteiger partial charge in [-0.2, -0.15) is 0 Å². The summed E-state index contributed by atoms with van der Waals surface area (Å²) in [6.45, 7) is 3.68. The lowest BCUT2D eigenvalue weighted by atomic mass is 10.2. The molecule has 0 unspecified atom stereocenters. The Balaban J connectivity index is 1.90. The maximum absolute atomic E-state index is 3.62. The van der Waals surface area contributed by atoms with Gasteiger partial charge in [-0.15, -0.1) is 11.3 Å². The zero-order chi connectivity index (χ0) is 11.0. The topological polar surface area (TPSA) is 3.24 Å². The first-order valence-corrected chi connectivity index (χ1v) is 7.33. The highest BCUT2D eigenvalue weighted by atomic mass is 79.9. The monoisotopic (exact) mass is 295 g/mol. The van der Waals surface area contributed by atoms with Crippen molar-refractivity contribution in [1.29, 1.82) is 0 Å². The Morgan fingerprint density at radius 3 is 2.81 bits per heavy atom. The number of hydrogen-bond donors (Lipinski definition) is 0. The van der Waals surface area contributed by atoms with Crippen molar-refractivity contribution in [2.45, 2.75) is 19.4 Å². The molecule has 3 rings (SSSR count). The number of nitrogens with zero attached hydrogens (tertiary/aromatic N) is 1. The first kappa shape index (κ1) is 10.8. The van der Waals surface area contributed by atoms with Gasteiger partial charge in [-0.3, -0.25) is 4.90 Å². The van der Waals surface area contributed by atoms with Crippen LogP contribution in [0, 0.1) is 0 Å². The summed E-state index contributed by atoms with van der Waals surface area (Å²) in [5, 5.41) is 1.37. The van der Waals surface area contributed by atoms with Gasteiger partial charge in [-0.25, -0.2) is 0 Å². The molecular weight excluding hydrogens is 282 g/mol. The average Bonchev–Trinajstić information content (AvgIpc) is 2.88. The summed E-state index contributed by atoms with van der Waals surface area (Å²) >= 11 is 5.54. The second-order valence-electron chi connectivity index (χ2n) is 4.35. The van der Waals surface area contributed by atoms with Gasteiger partial charge < -0.3 is 0 Å². The van der Waals surface area contributed by atoms with Crippen LogP contribution >= 0.6 is 27.3 Å². The van der Waals surface area contributed by atoms with E-state index in [1.165, 1.54) is 45.4 Å². The molecule has 1 saturated heterocycles. The Morgan fingerprint density at radius 1 is 1.25 bits per heavy atom. The van der Waals surface area contributed by atoms with Gasteiger partial charge in [0.25, 0.3) is 0 Å². The fourth-order valence-corrected chi connectivity index (χ4v) is 4.05. The van der Waals surface area contributed by atoms with Crippen molar-refractivity contribution in [2.24, 2.45) is 0 Å². The normalized spacial score (nSPS) is 17.3. The average molecular weight is 296 g/mol. The lowest BCUT2D eigenvalue weighted by Crippen LogP contribution is -2.17. The minimum Gasteiger partial charge on any atom is -0.298 e. The highest BCUT2D eigenvalue weighted by Gasteiger charge is 2.13. The van der Waals surface area contributed by atoms with E-state index in [-0.39, 0.29) is 0 Å². The molecule has 2 heterocycles. The summed E-state index contributed by atoms with van der Waals surface area (Å²) < 4.78 is 2.61. The summed E-state index contributed by atoms with van der Waals surface area (Å²) in [4.78, 5) is 4.04. The van der Waals surface area contributed by atoms with Crippen molar-refractivity contribution < 1.29 is 0 Å². The Morgan fingerprint density at radius 2 is 2.06 bits per heavy atom. The Kier molecular flexibility index (Phi) is 3.01. The first-order valence-electron chi connectivity index (χ1n) is 5.72. The van der Waals surface area contributed by atoms with Crippen LogP contribution in [0.2, 0.25) is 0 Å². The summed E-state index contributed by atoms with van der Waals surface area (Å²) in [5.74, 6) is 0. The van der Waals surface area contributed by atoms with Gasteiger partial charge >= 0.3 is 0 Å². The largest absolute Gasteiger partial charge is 0.298 e. The number of fused-ring (bicyclic) bond motifs is 1. The molecule has 1 aliphatic rings. The number of hydrogen-bond acceptors (Lipinski definition) is 2. The maximum Gasteiger partial charge on any atom is 0.0488 e. The van der Waals surface area contributed by atoms with Crippen LogP contribution < -0.4 is 0 Å². The highest BCUT2D eigenvalue weighted by Crippen LogP contribution is 2.32. The van der Waals surface area contributed by atoms with Crippen molar-refractivity contribution in [3.63, 3.8) is 0 Å². The van der Waals surface area contributed by atoms with Gasteiger partial charge in [0.2, 0.25) is 0 Å². The zero-order valence-corrected chi connectivity index (χ0v) is 11.5. The van der Waals surface area contributed by atoms with E-state index in [4.69, 9.17) is 0 Å². The van der Waals surface area contributed by atoms with Gasteiger partial charge in [0.15, 0.2) is 0 Å². The third-order valence-corrected chi connectivity index (χ3v) is 5.22. The van der Waals surface area contributed by atoms with Gasteiger partial charge in [0.05, 0.1) is 0 Å². The van der Waals surface area contributed by atoms with Gasteiger partial charge in [-0.1, -0.05) is 12.1 Å². The van der Waals surface area contributed by atoms with Crippen molar-refractivity contribution in [2.75, 3.05) is 13.1 Å². The van der Waals surface area contributed by atoms with Crippen molar-refractivity contribution >= 4 is 37.4 Å². The number of thiophene rings is 1. The van der Waals surface area contributed by atoms with E-state index in [9.17, 15) is 0 Å². The molecule has 0 saturated carbocycles. The SMILES string of the molecule is Brc1cccc2cc(CN3CCCC3)sc12. The molecular formula is C13H14BrNS. The van der Waals surface area contributed by atoms with E-state index in [2.05, 4.69) is 45.1 Å². The zero-order valence-electron chi connectivity index (χ0n) is 9.08. The van der Waals surface area contributed by atoms with Crippen LogP contribution in [-0.4, -0.2) is 18.0 Å². The van der Waals surface area contributed by atoms with E-state index < -0.39 is 0 Å². The van der Waals surface area contributed by atoms with E-state index >= 15 is 0 Å². The molecule has 0 amide bonds. The minimum atomic E-state index is 1.13. The van der Waals surface area contributed by atoms with Crippen molar-refractivity contribution in [1.82, 2.24) is 4.90 Å². The molecule has 0 bridgehead atoms. The molecule has 0 aliphatic carbocycles. The van der Waals surface area contributed by atoms with Gasteiger partial charge in [-0.05, 0) is 59.4 Å². The van der Waals surface area contributed by atoms with Crippen LogP contribution in [0.1, 0.15) is 17.7 Å². The molecule has 3 heteroatoms. The van der Waals surface area contributed by atoms with E-state index in [1.54, 1.807) is 0 Å². The summed E-state index contributed by atoms with van der Waals surface area (Å²) in [5.41, 5.74) is 0. The van der Waals surface area contributed by atoms with Gasteiger partial charge in [0.1, 0.15) is 0 Å². The first-order chi connectivity index (χ1) is 7.83. The second kappa shape index (κ2) is 4.47. The van der Waals surface area contributed by atoms with Crippen molar-refractivity contribution in [3.05, 3.63) is 33.6 Å². The molecule has 0 spiro atoms. The Labute approximate surface area is 108 Å². The van der Waals surface area contributed by atoms with E-state index in [1.807, 2.05) is 11.3 Å². The highest BCUT2D eigenvalue weighted by molar-refractivity contribution is 9.10. The number of rotatable bonds is 2. The fraction of sp³-hybridized carbons (Fsp3) is 0.385. The lowest BCUT2D eigenvalue weighted by molar-refractivity contribution is 0.334. The van der Waals surface area contributed by atoms with Crippen LogP contribution in [0.15, 0.2) is 28.7 Å². The smallest absolute Gasteiger partial charge is 0.0488 e. The fourth-order valence-electron chi connectivity index (χ4n) is 2.32. The molecule has 1 fully saturated rings. The maximum atomic E-state index is 3.62. The molecule has 16 heavy (non-hydrogen) atoms. The van der Waals surface area contributed by atoms with Gasteiger partial charge in [0, 0.05) is 20.6 Å². The molecule has 1 aromatic carbocycles. The molecule has 84 valence electrons. The molecule has 1 aromatic heterocycles. The molecule has 1 nitrogen and oxygen atoms in total. The lowest BCUT2D eigenvalue weighted by Gasteiger charge is -2.12. The number of benzene rings is 1. The number of halogens is 1. The Bertz CT molecular complexity index is 500.